The first-order chi connectivity index (χ1) is 12.1. The van der Waals surface area contributed by atoms with Crippen molar-refractivity contribution in [2.45, 2.75) is 26.3 Å². The molecule has 1 amide bonds. The fraction of sp³-hybridized carbons (Fsp3) is 0.316. The van der Waals surface area contributed by atoms with E-state index in [1.807, 2.05) is 18.3 Å². The summed E-state index contributed by atoms with van der Waals surface area (Å²) in [6, 6.07) is 8.22. The van der Waals surface area contributed by atoms with Crippen molar-refractivity contribution < 1.29 is 4.79 Å². The number of carbonyl (C=O) groups excluding carboxylic acids is 1. The van der Waals surface area contributed by atoms with E-state index in [0.29, 0.717) is 12.5 Å². The Morgan fingerprint density at radius 2 is 2.08 bits per heavy atom. The van der Waals surface area contributed by atoms with Crippen LogP contribution in [0.5, 0.6) is 0 Å². The molecule has 128 valence electrons. The smallest absolute Gasteiger partial charge is 0.251 e. The Balaban J connectivity index is 1.71. The van der Waals surface area contributed by atoms with Crippen LogP contribution in [0.2, 0.25) is 0 Å². The molecule has 4 rings (SSSR count). The van der Waals surface area contributed by atoms with Crippen LogP contribution >= 0.6 is 0 Å². The van der Waals surface area contributed by atoms with Crippen molar-refractivity contribution in [3.63, 3.8) is 0 Å². The van der Waals surface area contributed by atoms with E-state index in [-0.39, 0.29) is 11.9 Å². The third-order valence-corrected chi connectivity index (χ3v) is 4.73. The van der Waals surface area contributed by atoms with Crippen LogP contribution in [0.1, 0.15) is 41.4 Å². The van der Waals surface area contributed by atoms with Crippen molar-refractivity contribution in [2.24, 2.45) is 5.92 Å². The highest BCUT2D eigenvalue weighted by molar-refractivity contribution is 5.97. The van der Waals surface area contributed by atoms with Crippen LogP contribution in [-0.4, -0.2) is 27.4 Å². The quantitative estimate of drug-likeness (QED) is 0.684. The van der Waals surface area contributed by atoms with Gasteiger partial charge in [-0.1, -0.05) is 26.0 Å². The minimum Gasteiger partial charge on any atom is -0.362 e. The predicted octanol–water partition coefficient (Wildman–Crippen LogP) is 3.05. The fourth-order valence-corrected chi connectivity index (χ4v) is 3.39. The summed E-state index contributed by atoms with van der Waals surface area (Å²) in [7, 11) is 0. The van der Waals surface area contributed by atoms with Crippen LogP contribution in [0.3, 0.4) is 0 Å². The Bertz CT molecular complexity index is 930. The number of hydrogen-bond acceptors (Lipinski definition) is 4. The number of benzene rings is 1. The summed E-state index contributed by atoms with van der Waals surface area (Å²) < 4.78 is 0. The molecule has 1 atom stereocenters. The number of carbonyl (C=O) groups is 1. The van der Waals surface area contributed by atoms with Crippen molar-refractivity contribution in [3.05, 3.63) is 53.5 Å². The standard InChI is InChI=1S/C19H21N5O/c1-11(2)16(24-18-14-6-8-20-17(14)22-10-23-18)13-4-3-12-5-7-21-19(25)15(12)9-13/h3-4,6,8-11,16H,5,7H2,1-2H3,(H,21,25)(H2,20,22,23,24)/t16-/m1/s1. The maximum atomic E-state index is 12.2. The number of nitrogens with zero attached hydrogens (tertiary/aromatic N) is 2. The van der Waals surface area contributed by atoms with E-state index in [1.165, 1.54) is 0 Å². The third-order valence-electron chi connectivity index (χ3n) is 4.73. The maximum absolute atomic E-state index is 12.2. The molecule has 6 heteroatoms. The normalized spacial score (nSPS) is 15.1. The molecular weight excluding hydrogens is 314 g/mol. The number of hydrogen-bond donors (Lipinski definition) is 3. The zero-order valence-corrected chi connectivity index (χ0v) is 14.3. The largest absolute Gasteiger partial charge is 0.362 e. The number of aromatic nitrogens is 3. The molecule has 0 spiro atoms. The van der Waals surface area contributed by atoms with Gasteiger partial charge in [0.1, 0.15) is 17.8 Å². The second-order valence-corrected chi connectivity index (χ2v) is 6.75. The topological polar surface area (TPSA) is 82.7 Å². The molecule has 1 aliphatic rings. The Hall–Kier alpha value is -2.89. The lowest BCUT2D eigenvalue weighted by Gasteiger charge is -2.26. The Morgan fingerprint density at radius 3 is 2.92 bits per heavy atom. The summed E-state index contributed by atoms with van der Waals surface area (Å²) >= 11 is 0. The van der Waals surface area contributed by atoms with Gasteiger partial charge >= 0.3 is 0 Å². The number of aromatic amines is 1. The number of fused-ring (bicyclic) bond motifs is 2. The van der Waals surface area contributed by atoms with Crippen LogP contribution in [0.25, 0.3) is 11.0 Å². The molecule has 1 aliphatic heterocycles. The molecule has 3 heterocycles. The third kappa shape index (κ3) is 2.84. The Morgan fingerprint density at radius 1 is 1.20 bits per heavy atom. The van der Waals surface area contributed by atoms with Gasteiger partial charge in [-0.25, -0.2) is 9.97 Å². The fourth-order valence-electron chi connectivity index (χ4n) is 3.39. The highest BCUT2D eigenvalue weighted by Gasteiger charge is 2.22. The van der Waals surface area contributed by atoms with E-state index >= 15 is 0 Å². The summed E-state index contributed by atoms with van der Waals surface area (Å²) in [4.78, 5) is 23.9. The Labute approximate surface area is 146 Å². The van der Waals surface area contributed by atoms with Crippen LogP contribution in [0.15, 0.2) is 36.8 Å². The summed E-state index contributed by atoms with van der Waals surface area (Å²) in [6.45, 7) is 5.03. The number of anilines is 1. The summed E-state index contributed by atoms with van der Waals surface area (Å²) in [5.74, 6) is 1.14. The van der Waals surface area contributed by atoms with Gasteiger partial charge in [-0.05, 0) is 35.6 Å². The van der Waals surface area contributed by atoms with E-state index < -0.39 is 0 Å². The molecule has 3 aromatic rings. The molecule has 0 fully saturated rings. The average molecular weight is 335 g/mol. The van der Waals surface area contributed by atoms with Gasteiger partial charge in [-0.3, -0.25) is 4.79 Å². The zero-order chi connectivity index (χ0) is 17.4. The first kappa shape index (κ1) is 15.6. The molecule has 1 aromatic carbocycles. The second kappa shape index (κ2) is 6.20. The van der Waals surface area contributed by atoms with Crippen molar-refractivity contribution in [3.8, 4) is 0 Å². The molecule has 0 radical (unpaired) electrons. The van der Waals surface area contributed by atoms with Gasteiger partial charge in [0.25, 0.3) is 5.91 Å². The van der Waals surface area contributed by atoms with Crippen LogP contribution in [-0.2, 0) is 6.42 Å². The Kier molecular flexibility index (Phi) is 3.87. The van der Waals surface area contributed by atoms with Crippen molar-refractivity contribution in [1.82, 2.24) is 20.3 Å². The van der Waals surface area contributed by atoms with Gasteiger partial charge in [0.2, 0.25) is 0 Å². The van der Waals surface area contributed by atoms with E-state index in [4.69, 9.17) is 0 Å². The molecule has 2 aromatic heterocycles. The summed E-state index contributed by atoms with van der Waals surface area (Å²) in [5, 5.41) is 7.42. The predicted molar refractivity (Wildman–Crippen MR) is 97.6 cm³/mol. The molecule has 0 saturated carbocycles. The average Bonchev–Trinajstić information content (AvgIpc) is 3.09. The van der Waals surface area contributed by atoms with Crippen molar-refractivity contribution >= 4 is 22.8 Å². The van der Waals surface area contributed by atoms with Crippen LogP contribution in [0, 0.1) is 5.92 Å². The first-order valence-electron chi connectivity index (χ1n) is 8.59. The number of amides is 1. The van der Waals surface area contributed by atoms with Crippen molar-refractivity contribution in [1.29, 1.82) is 0 Å². The number of nitrogens with one attached hydrogen (secondary N) is 3. The SMILES string of the molecule is CC(C)[C@@H](Nc1ncnc2[nH]ccc12)c1ccc2c(c1)C(=O)NCC2. The van der Waals surface area contributed by atoms with Gasteiger partial charge in [0.15, 0.2) is 0 Å². The van der Waals surface area contributed by atoms with Crippen LogP contribution in [0.4, 0.5) is 5.82 Å². The minimum atomic E-state index is 0.0145. The lowest BCUT2D eigenvalue weighted by Crippen LogP contribution is -2.32. The van der Waals surface area contributed by atoms with Gasteiger partial charge in [0.05, 0.1) is 11.4 Å². The van der Waals surface area contributed by atoms with E-state index in [2.05, 4.69) is 51.6 Å². The minimum absolute atomic E-state index is 0.0145. The summed E-state index contributed by atoms with van der Waals surface area (Å²) in [6.07, 6.45) is 4.30. The van der Waals surface area contributed by atoms with Gasteiger partial charge < -0.3 is 15.6 Å². The molecule has 6 nitrogen and oxygen atoms in total. The number of H-pyrrole nitrogens is 1. The number of rotatable bonds is 4. The molecule has 0 saturated heterocycles. The molecular formula is C19H21N5O. The van der Waals surface area contributed by atoms with E-state index in [0.717, 1.165) is 40.0 Å². The molecule has 0 aliphatic carbocycles. The highest BCUT2D eigenvalue weighted by atomic mass is 16.1. The molecule has 3 N–H and O–H groups in total. The molecule has 25 heavy (non-hydrogen) atoms. The van der Waals surface area contributed by atoms with E-state index in [1.54, 1.807) is 6.33 Å². The molecule has 0 unspecified atom stereocenters. The zero-order valence-electron chi connectivity index (χ0n) is 14.3. The second-order valence-electron chi connectivity index (χ2n) is 6.75. The highest BCUT2D eigenvalue weighted by Crippen LogP contribution is 2.30. The molecule has 0 bridgehead atoms. The summed E-state index contributed by atoms with van der Waals surface area (Å²) in [5.41, 5.74) is 3.80. The van der Waals surface area contributed by atoms with Crippen molar-refractivity contribution in [2.75, 3.05) is 11.9 Å². The van der Waals surface area contributed by atoms with Gasteiger partial charge in [-0.2, -0.15) is 0 Å². The van der Waals surface area contributed by atoms with Gasteiger partial charge in [0, 0.05) is 18.3 Å². The van der Waals surface area contributed by atoms with Crippen LogP contribution < -0.4 is 10.6 Å². The maximum Gasteiger partial charge on any atom is 0.251 e. The first-order valence-corrected chi connectivity index (χ1v) is 8.59. The van der Waals surface area contributed by atoms with E-state index in [9.17, 15) is 4.79 Å². The monoisotopic (exact) mass is 335 g/mol. The lowest BCUT2D eigenvalue weighted by atomic mass is 9.91. The lowest BCUT2D eigenvalue weighted by molar-refractivity contribution is 0.0946. The van der Waals surface area contributed by atoms with Gasteiger partial charge in [-0.15, -0.1) is 0 Å².